The summed E-state index contributed by atoms with van der Waals surface area (Å²) in [4.78, 5) is 32.1. The topological polar surface area (TPSA) is 122 Å². The summed E-state index contributed by atoms with van der Waals surface area (Å²) >= 11 is 0. The molecule has 0 aliphatic heterocycles. The fourth-order valence-electron chi connectivity index (χ4n) is 2.85. The Hall–Kier alpha value is -4.32. The maximum atomic E-state index is 13.5. The van der Waals surface area contributed by atoms with Crippen molar-refractivity contribution in [3.8, 4) is 0 Å². The molecule has 0 atom stereocenters. The highest BCUT2D eigenvalue weighted by atomic mass is 19.4. The van der Waals surface area contributed by atoms with E-state index < -0.39 is 17.8 Å². The average molecular weight is 486 g/mol. The number of hydrogen-bond donors (Lipinski definition) is 3. The van der Waals surface area contributed by atoms with Gasteiger partial charge in [0.25, 0.3) is 11.5 Å². The number of hydrogen-bond acceptors (Lipinski definition) is 7. The zero-order valence-corrected chi connectivity index (χ0v) is 18.5. The van der Waals surface area contributed by atoms with Crippen LogP contribution in [0.5, 0.6) is 0 Å². The Morgan fingerprint density at radius 2 is 1.94 bits per heavy atom. The van der Waals surface area contributed by atoms with Gasteiger partial charge in [0.1, 0.15) is 11.5 Å². The number of alkyl halides is 3. The molecule has 0 unspecified atom stereocenters. The van der Waals surface area contributed by atoms with Gasteiger partial charge in [-0.2, -0.15) is 13.2 Å². The van der Waals surface area contributed by atoms with Crippen LogP contribution in [0, 0.1) is 5.41 Å². The van der Waals surface area contributed by atoms with Gasteiger partial charge in [-0.3, -0.25) is 14.6 Å². The van der Waals surface area contributed by atoms with Gasteiger partial charge in [0.15, 0.2) is 0 Å². The number of methoxy groups -OCH3 is 1. The molecule has 182 valence electrons. The van der Waals surface area contributed by atoms with E-state index in [-0.39, 0.29) is 47.1 Å². The SMILES string of the molecule is COCCn1cc(C(=O)Nc2ccc(N/C(=C\C(=N)c3cccnc3)C(F)(F)F)cn2)ccc1=O. The van der Waals surface area contributed by atoms with Gasteiger partial charge in [0.05, 0.1) is 29.8 Å². The van der Waals surface area contributed by atoms with Crippen molar-refractivity contribution in [3.63, 3.8) is 0 Å². The first kappa shape index (κ1) is 25.3. The first-order valence-corrected chi connectivity index (χ1v) is 10.2. The van der Waals surface area contributed by atoms with Gasteiger partial charge in [-0.05, 0) is 36.4 Å². The molecule has 0 aliphatic rings. The van der Waals surface area contributed by atoms with E-state index in [9.17, 15) is 22.8 Å². The number of pyridine rings is 3. The van der Waals surface area contributed by atoms with Crippen LogP contribution in [-0.2, 0) is 11.3 Å². The minimum atomic E-state index is -4.76. The summed E-state index contributed by atoms with van der Waals surface area (Å²) in [5.41, 5.74) is -1.41. The van der Waals surface area contributed by atoms with E-state index in [1.807, 2.05) is 0 Å². The standard InChI is InChI=1S/C23H21F3N6O3/c1-35-10-9-32-14-16(4-7-21(32)33)22(34)31-20-6-5-17(13-29-20)30-19(23(24,25)26)11-18(27)15-3-2-8-28-12-15/h2-8,11-14,27,30H,9-10H2,1H3,(H,29,31,34)/b19-11-,27-18?. The summed E-state index contributed by atoms with van der Waals surface area (Å²) in [6.45, 7) is 0.555. The molecule has 9 nitrogen and oxygen atoms in total. The fraction of sp³-hybridized carbons (Fsp3) is 0.174. The van der Waals surface area contributed by atoms with E-state index in [1.165, 1.54) is 66.7 Å². The molecule has 0 aliphatic carbocycles. The highest BCUT2D eigenvalue weighted by Gasteiger charge is 2.34. The molecule has 3 heterocycles. The Labute approximate surface area is 197 Å². The molecule has 0 aromatic carbocycles. The number of amides is 1. The molecule has 0 saturated heterocycles. The highest BCUT2D eigenvalue weighted by Crippen LogP contribution is 2.27. The zero-order valence-electron chi connectivity index (χ0n) is 18.5. The Morgan fingerprint density at radius 3 is 2.57 bits per heavy atom. The molecular formula is C23H21F3N6O3. The van der Waals surface area contributed by atoms with Gasteiger partial charge in [-0.1, -0.05) is 0 Å². The van der Waals surface area contributed by atoms with E-state index in [0.29, 0.717) is 6.08 Å². The van der Waals surface area contributed by atoms with Crippen LogP contribution in [0.2, 0.25) is 0 Å². The Balaban J connectivity index is 1.72. The molecule has 35 heavy (non-hydrogen) atoms. The second kappa shape index (κ2) is 11.2. The zero-order chi connectivity index (χ0) is 25.4. The molecule has 12 heteroatoms. The predicted octanol–water partition coefficient (Wildman–Crippen LogP) is 3.46. The third-order valence-electron chi connectivity index (χ3n) is 4.63. The number of aromatic nitrogens is 3. The molecule has 1 amide bonds. The average Bonchev–Trinajstić information content (AvgIpc) is 2.84. The summed E-state index contributed by atoms with van der Waals surface area (Å²) in [7, 11) is 1.49. The van der Waals surface area contributed by atoms with Crippen molar-refractivity contribution in [1.29, 1.82) is 5.41 Å². The number of nitrogens with one attached hydrogen (secondary N) is 3. The highest BCUT2D eigenvalue weighted by molar-refractivity contribution is 6.07. The number of rotatable bonds is 9. The Bertz CT molecular complexity index is 1270. The molecular weight excluding hydrogens is 465 g/mol. The Morgan fingerprint density at radius 1 is 1.14 bits per heavy atom. The second-order valence-corrected chi connectivity index (χ2v) is 7.16. The molecule has 0 radical (unpaired) electrons. The molecule has 3 N–H and O–H groups in total. The lowest BCUT2D eigenvalue weighted by atomic mass is 10.1. The van der Waals surface area contributed by atoms with E-state index in [2.05, 4.69) is 20.6 Å². The van der Waals surface area contributed by atoms with Crippen LogP contribution in [0.15, 0.2) is 77.8 Å². The molecule has 0 bridgehead atoms. The van der Waals surface area contributed by atoms with Crippen LogP contribution in [0.1, 0.15) is 15.9 Å². The van der Waals surface area contributed by atoms with Crippen molar-refractivity contribution in [2.24, 2.45) is 0 Å². The Kier molecular flexibility index (Phi) is 8.10. The smallest absolute Gasteiger partial charge is 0.383 e. The number of anilines is 2. The second-order valence-electron chi connectivity index (χ2n) is 7.16. The molecule has 0 fully saturated rings. The minimum absolute atomic E-state index is 0.00123. The van der Waals surface area contributed by atoms with Crippen molar-refractivity contribution in [1.82, 2.24) is 14.5 Å². The number of halogens is 3. The van der Waals surface area contributed by atoms with Crippen LogP contribution >= 0.6 is 0 Å². The molecule has 3 aromatic rings. The molecule has 3 aromatic heterocycles. The number of nitrogens with zero attached hydrogens (tertiary/aromatic N) is 3. The first-order chi connectivity index (χ1) is 16.7. The van der Waals surface area contributed by atoms with Gasteiger partial charge in [-0.25, -0.2) is 4.98 Å². The summed E-state index contributed by atoms with van der Waals surface area (Å²) < 4.78 is 46.8. The molecule has 0 spiro atoms. The summed E-state index contributed by atoms with van der Waals surface area (Å²) in [5.74, 6) is -0.457. The van der Waals surface area contributed by atoms with E-state index in [1.54, 1.807) is 0 Å². The van der Waals surface area contributed by atoms with Crippen LogP contribution in [-0.4, -0.2) is 46.0 Å². The van der Waals surface area contributed by atoms with Crippen LogP contribution in [0.3, 0.4) is 0 Å². The number of carbonyl (C=O) groups is 1. The van der Waals surface area contributed by atoms with Crippen LogP contribution in [0.4, 0.5) is 24.7 Å². The number of allylic oxidation sites excluding steroid dienone is 2. The molecule has 3 rings (SSSR count). The maximum absolute atomic E-state index is 13.5. The quantitative estimate of drug-likeness (QED) is 0.398. The minimum Gasteiger partial charge on any atom is -0.383 e. The van der Waals surface area contributed by atoms with Gasteiger partial charge < -0.3 is 25.3 Å². The van der Waals surface area contributed by atoms with Gasteiger partial charge in [0.2, 0.25) is 0 Å². The van der Waals surface area contributed by atoms with E-state index >= 15 is 0 Å². The van der Waals surface area contributed by atoms with Crippen molar-refractivity contribution < 1.29 is 22.7 Å². The van der Waals surface area contributed by atoms with Gasteiger partial charge in [-0.15, -0.1) is 0 Å². The van der Waals surface area contributed by atoms with Crippen molar-refractivity contribution >= 4 is 23.1 Å². The van der Waals surface area contributed by atoms with Crippen LogP contribution in [0.25, 0.3) is 0 Å². The predicted molar refractivity (Wildman–Crippen MR) is 124 cm³/mol. The largest absolute Gasteiger partial charge is 0.431 e. The monoisotopic (exact) mass is 486 g/mol. The lowest BCUT2D eigenvalue weighted by Gasteiger charge is -2.15. The normalized spacial score (nSPS) is 11.7. The lowest BCUT2D eigenvalue weighted by molar-refractivity contribution is -0.0901. The van der Waals surface area contributed by atoms with Crippen molar-refractivity contribution in [2.75, 3.05) is 24.4 Å². The maximum Gasteiger partial charge on any atom is 0.431 e. The lowest BCUT2D eigenvalue weighted by Crippen LogP contribution is -2.23. The molecule has 0 saturated carbocycles. The van der Waals surface area contributed by atoms with E-state index in [0.717, 1.165) is 6.20 Å². The number of carbonyl (C=O) groups excluding carboxylic acids is 1. The van der Waals surface area contributed by atoms with Gasteiger partial charge >= 0.3 is 6.18 Å². The first-order valence-electron chi connectivity index (χ1n) is 10.2. The summed E-state index contributed by atoms with van der Waals surface area (Å²) in [5, 5.41) is 12.7. The van der Waals surface area contributed by atoms with E-state index in [4.69, 9.17) is 10.1 Å². The third-order valence-corrected chi connectivity index (χ3v) is 4.63. The fourth-order valence-corrected chi connectivity index (χ4v) is 2.85. The van der Waals surface area contributed by atoms with Crippen molar-refractivity contribution in [3.05, 3.63) is 94.4 Å². The number of ether oxygens (including phenoxy) is 1. The van der Waals surface area contributed by atoms with Gasteiger partial charge in [0, 0.05) is 43.9 Å². The van der Waals surface area contributed by atoms with Crippen molar-refractivity contribution in [2.45, 2.75) is 12.7 Å². The summed E-state index contributed by atoms with van der Waals surface area (Å²) in [6.07, 6.45) is 1.13. The third kappa shape index (κ3) is 7.08. The van der Waals surface area contributed by atoms with Crippen LogP contribution < -0.4 is 16.2 Å². The summed E-state index contributed by atoms with van der Waals surface area (Å²) in [6, 6.07) is 8.22.